The number of halogens is 1. The number of fused-ring (bicyclic) bond motifs is 2. The van der Waals surface area contributed by atoms with Crippen molar-refractivity contribution in [2.45, 2.75) is 25.8 Å². The Hall–Kier alpha value is -1.68. The standard InChI is InChI=1S/C15H17ClN2O2/c1-15(2,4-5-16)18-14-11-8-13-12(19-9-20-13)7-10(11)3-6-17-14/h3,6-8H,4-5,9H2,1-2H3,(H,17,18). The maximum atomic E-state index is 5.85. The zero-order valence-electron chi connectivity index (χ0n) is 11.6. The van der Waals surface area contributed by atoms with Crippen LogP contribution in [0.25, 0.3) is 10.8 Å². The van der Waals surface area contributed by atoms with Crippen LogP contribution < -0.4 is 14.8 Å². The predicted octanol–water partition coefficient (Wildman–Crippen LogP) is 3.78. The summed E-state index contributed by atoms with van der Waals surface area (Å²) in [5.74, 6) is 3.01. The van der Waals surface area contributed by atoms with Gasteiger partial charge in [-0.25, -0.2) is 4.98 Å². The van der Waals surface area contributed by atoms with E-state index in [9.17, 15) is 0 Å². The van der Waals surface area contributed by atoms with Gasteiger partial charge in [0.2, 0.25) is 6.79 Å². The number of ether oxygens (including phenoxy) is 2. The number of nitrogens with zero attached hydrogens (tertiary/aromatic N) is 1. The van der Waals surface area contributed by atoms with Crippen molar-refractivity contribution >= 4 is 28.2 Å². The van der Waals surface area contributed by atoms with Crippen LogP contribution >= 0.6 is 11.6 Å². The van der Waals surface area contributed by atoms with Gasteiger partial charge in [0.1, 0.15) is 5.82 Å². The number of nitrogens with one attached hydrogen (secondary N) is 1. The van der Waals surface area contributed by atoms with E-state index in [4.69, 9.17) is 21.1 Å². The van der Waals surface area contributed by atoms with Crippen molar-refractivity contribution in [3.05, 3.63) is 24.4 Å². The lowest BCUT2D eigenvalue weighted by molar-refractivity contribution is 0.174. The summed E-state index contributed by atoms with van der Waals surface area (Å²) < 4.78 is 10.8. The molecule has 0 spiro atoms. The fourth-order valence-corrected chi connectivity index (χ4v) is 2.75. The van der Waals surface area contributed by atoms with Crippen molar-refractivity contribution in [1.82, 2.24) is 4.98 Å². The van der Waals surface area contributed by atoms with E-state index in [-0.39, 0.29) is 12.3 Å². The average Bonchev–Trinajstić information content (AvgIpc) is 2.83. The second kappa shape index (κ2) is 5.02. The molecule has 106 valence electrons. The van der Waals surface area contributed by atoms with Gasteiger partial charge in [0.05, 0.1) is 0 Å². The second-order valence-corrected chi connectivity index (χ2v) is 5.91. The Morgan fingerprint density at radius 2 is 2.05 bits per heavy atom. The van der Waals surface area contributed by atoms with Crippen LogP contribution in [0.2, 0.25) is 0 Å². The molecular formula is C15H17ClN2O2. The van der Waals surface area contributed by atoms with Crippen LogP contribution in [-0.4, -0.2) is 23.2 Å². The molecule has 2 aromatic rings. The quantitative estimate of drug-likeness (QED) is 0.871. The summed E-state index contributed by atoms with van der Waals surface area (Å²) in [7, 11) is 0. The Bertz CT molecular complexity index is 643. The third-order valence-corrected chi connectivity index (χ3v) is 3.62. The number of anilines is 1. The molecule has 1 N–H and O–H groups in total. The first-order valence-electron chi connectivity index (χ1n) is 6.61. The third kappa shape index (κ3) is 2.48. The average molecular weight is 293 g/mol. The third-order valence-electron chi connectivity index (χ3n) is 3.43. The molecule has 5 heteroatoms. The molecule has 4 nitrogen and oxygen atoms in total. The van der Waals surface area contributed by atoms with Crippen LogP contribution in [0, 0.1) is 0 Å². The minimum atomic E-state index is -0.112. The molecule has 1 aromatic heterocycles. The number of hydrogen-bond acceptors (Lipinski definition) is 4. The Kier molecular flexibility index (Phi) is 3.34. The maximum Gasteiger partial charge on any atom is 0.231 e. The number of aromatic nitrogens is 1. The fourth-order valence-electron chi connectivity index (χ4n) is 2.28. The van der Waals surface area contributed by atoms with E-state index in [1.807, 2.05) is 18.2 Å². The fraction of sp³-hybridized carbons (Fsp3) is 0.400. The van der Waals surface area contributed by atoms with Gasteiger partial charge in [-0.05, 0) is 43.9 Å². The zero-order valence-corrected chi connectivity index (χ0v) is 12.3. The Morgan fingerprint density at radius 3 is 2.80 bits per heavy atom. The van der Waals surface area contributed by atoms with Gasteiger partial charge in [0.15, 0.2) is 11.5 Å². The topological polar surface area (TPSA) is 43.4 Å². The molecule has 1 aliphatic rings. The van der Waals surface area contributed by atoms with Gasteiger partial charge in [-0.15, -0.1) is 11.6 Å². The van der Waals surface area contributed by atoms with Crippen LogP contribution in [0.5, 0.6) is 11.5 Å². The van der Waals surface area contributed by atoms with Crippen molar-refractivity contribution in [3.63, 3.8) is 0 Å². The van der Waals surface area contributed by atoms with Gasteiger partial charge in [-0.2, -0.15) is 0 Å². The molecule has 3 rings (SSSR count). The van der Waals surface area contributed by atoms with Gasteiger partial charge >= 0.3 is 0 Å². The molecule has 20 heavy (non-hydrogen) atoms. The Labute approximate surface area is 123 Å². The molecule has 1 aliphatic heterocycles. The highest BCUT2D eigenvalue weighted by Crippen LogP contribution is 2.38. The molecule has 0 saturated carbocycles. The minimum absolute atomic E-state index is 0.112. The molecule has 0 saturated heterocycles. The highest BCUT2D eigenvalue weighted by molar-refractivity contribution is 6.17. The number of pyridine rings is 1. The summed E-state index contributed by atoms with van der Waals surface area (Å²) in [5, 5.41) is 5.57. The zero-order chi connectivity index (χ0) is 14.2. The lowest BCUT2D eigenvalue weighted by atomic mass is 10.0. The molecule has 0 unspecified atom stereocenters. The molecule has 1 aromatic carbocycles. The van der Waals surface area contributed by atoms with Crippen LogP contribution in [0.3, 0.4) is 0 Å². The molecular weight excluding hydrogens is 276 g/mol. The van der Waals surface area contributed by atoms with Gasteiger partial charge in [0, 0.05) is 23.0 Å². The van der Waals surface area contributed by atoms with Crippen LogP contribution in [-0.2, 0) is 0 Å². The van der Waals surface area contributed by atoms with E-state index >= 15 is 0 Å². The van der Waals surface area contributed by atoms with Gasteiger partial charge in [-0.3, -0.25) is 0 Å². The van der Waals surface area contributed by atoms with E-state index < -0.39 is 0 Å². The highest BCUT2D eigenvalue weighted by Gasteiger charge is 2.20. The Morgan fingerprint density at radius 1 is 1.30 bits per heavy atom. The number of benzene rings is 1. The van der Waals surface area contributed by atoms with E-state index in [0.717, 1.165) is 34.5 Å². The van der Waals surface area contributed by atoms with Gasteiger partial charge < -0.3 is 14.8 Å². The van der Waals surface area contributed by atoms with E-state index in [1.54, 1.807) is 6.20 Å². The lowest BCUT2D eigenvalue weighted by Gasteiger charge is -2.26. The number of alkyl halides is 1. The van der Waals surface area contributed by atoms with Crippen molar-refractivity contribution < 1.29 is 9.47 Å². The first-order chi connectivity index (χ1) is 9.59. The van der Waals surface area contributed by atoms with Crippen molar-refractivity contribution in [2.24, 2.45) is 0 Å². The van der Waals surface area contributed by atoms with E-state index in [0.29, 0.717) is 5.88 Å². The normalized spacial score (nSPS) is 13.8. The highest BCUT2D eigenvalue weighted by atomic mass is 35.5. The van der Waals surface area contributed by atoms with Gasteiger partial charge in [0.25, 0.3) is 0 Å². The summed E-state index contributed by atoms with van der Waals surface area (Å²) in [6.07, 6.45) is 2.65. The monoisotopic (exact) mass is 292 g/mol. The van der Waals surface area contributed by atoms with Crippen molar-refractivity contribution in [2.75, 3.05) is 18.0 Å². The number of hydrogen-bond donors (Lipinski definition) is 1. The van der Waals surface area contributed by atoms with Gasteiger partial charge in [-0.1, -0.05) is 0 Å². The predicted molar refractivity (Wildman–Crippen MR) is 80.9 cm³/mol. The van der Waals surface area contributed by atoms with E-state index in [2.05, 4.69) is 24.1 Å². The number of rotatable bonds is 4. The van der Waals surface area contributed by atoms with Crippen molar-refractivity contribution in [1.29, 1.82) is 0 Å². The summed E-state index contributed by atoms with van der Waals surface area (Å²) in [6, 6.07) is 5.93. The largest absolute Gasteiger partial charge is 0.454 e. The Balaban J connectivity index is 2.03. The smallest absolute Gasteiger partial charge is 0.231 e. The molecule has 0 fully saturated rings. The molecule has 0 radical (unpaired) electrons. The second-order valence-electron chi connectivity index (χ2n) is 5.53. The molecule has 0 aliphatic carbocycles. The first-order valence-corrected chi connectivity index (χ1v) is 7.15. The molecule has 0 amide bonds. The van der Waals surface area contributed by atoms with Crippen LogP contribution in [0.1, 0.15) is 20.3 Å². The molecule has 0 bridgehead atoms. The van der Waals surface area contributed by atoms with E-state index in [1.165, 1.54) is 0 Å². The SMILES string of the molecule is CC(C)(CCCl)Nc1nccc2cc3c(cc12)OCO3. The summed E-state index contributed by atoms with van der Waals surface area (Å²) >= 11 is 5.85. The molecule has 2 heterocycles. The lowest BCUT2D eigenvalue weighted by Crippen LogP contribution is -2.31. The maximum absolute atomic E-state index is 5.85. The first kappa shape index (κ1) is 13.3. The van der Waals surface area contributed by atoms with Crippen molar-refractivity contribution in [3.8, 4) is 11.5 Å². The van der Waals surface area contributed by atoms with Crippen LogP contribution in [0.4, 0.5) is 5.82 Å². The summed E-state index contributed by atoms with van der Waals surface area (Å²) in [6.45, 7) is 4.51. The molecule has 0 atom stereocenters. The minimum Gasteiger partial charge on any atom is -0.454 e. The summed E-state index contributed by atoms with van der Waals surface area (Å²) in [4.78, 5) is 4.45. The van der Waals surface area contributed by atoms with Crippen LogP contribution in [0.15, 0.2) is 24.4 Å². The summed E-state index contributed by atoms with van der Waals surface area (Å²) in [5.41, 5.74) is -0.112.